The van der Waals surface area contributed by atoms with Gasteiger partial charge in [-0.25, -0.2) is 0 Å². The number of hydrogen-bond acceptors (Lipinski definition) is 4. The molecule has 0 aromatic rings. The highest BCUT2D eigenvalue weighted by atomic mass is 16.5. The fourth-order valence-corrected chi connectivity index (χ4v) is 3.50. The summed E-state index contributed by atoms with van der Waals surface area (Å²) in [4.78, 5) is 2.50. The lowest BCUT2D eigenvalue weighted by atomic mass is 9.91. The van der Waals surface area contributed by atoms with Crippen LogP contribution in [0.1, 0.15) is 46.0 Å². The Morgan fingerprint density at radius 3 is 2.70 bits per heavy atom. The third kappa shape index (κ3) is 4.17. The fraction of sp³-hybridized carbons (Fsp3) is 1.00. The van der Waals surface area contributed by atoms with Gasteiger partial charge in [-0.15, -0.1) is 0 Å². The first-order valence-electron chi connectivity index (χ1n) is 8.44. The zero-order chi connectivity index (χ0) is 14.4. The molecule has 2 atom stereocenters. The summed E-state index contributed by atoms with van der Waals surface area (Å²) in [7, 11) is 0. The average molecular weight is 284 g/mol. The number of piperidine rings is 1. The van der Waals surface area contributed by atoms with Gasteiger partial charge in [0.15, 0.2) is 0 Å². The van der Waals surface area contributed by atoms with E-state index in [0.717, 1.165) is 39.2 Å². The third-order valence-corrected chi connectivity index (χ3v) is 4.74. The van der Waals surface area contributed by atoms with Crippen molar-refractivity contribution in [3.05, 3.63) is 0 Å². The van der Waals surface area contributed by atoms with Crippen LogP contribution in [0.5, 0.6) is 0 Å². The lowest BCUT2D eigenvalue weighted by Gasteiger charge is -2.41. The fourth-order valence-electron chi connectivity index (χ4n) is 3.50. The van der Waals surface area contributed by atoms with Crippen LogP contribution in [0.4, 0.5) is 0 Å². The van der Waals surface area contributed by atoms with Gasteiger partial charge in [0.2, 0.25) is 0 Å². The maximum Gasteiger partial charge on any atom is 0.0702 e. The van der Waals surface area contributed by atoms with Gasteiger partial charge in [-0.1, -0.05) is 6.92 Å². The highest BCUT2D eigenvalue weighted by molar-refractivity contribution is 5.03. The van der Waals surface area contributed by atoms with Crippen LogP contribution < -0.4 is 5.32 Å². The normalized spacial score (nSPS) is 27.4. The van der Waals surface area contributed by atoms with Crippen LogP contribution in [0.2, 0.25) is 0 Å². The molecule has 118 valence electrons. The summed E-state index contributed by atoms with van der Waals surface area (Å²) in [5.74, 6) is 0.659. The molecule has 1 aliphatic heterocycles. The van der Waals surface area contributed by atoms with Crippen LogP contribution >= 0.6 is 0 Å². The van der Waals surface area contributed by atoms with Crippen molar-refractivity contribution < 1.29 is 9.84 Å². The van der Waals surface area contributed by atoms with Gasteiger partial charge >= 0.3 is 0 Å². The second-order valence-corrected chi connectivity index (χ2v) is 6.47. The standard InChI is InChI=1S/C16H32N2O2/c1-3-9-17-16(13-19,14-7-8-14)12-18-10-5-6-15(11-18)20-4-2/h14-15,17,19H,3-13H2,1-2H3. The van der Waals surface area contributed by atoms with Gasteiger partial charge in [-0.05, 0) is 58.0 Å². The van der Waals surface area contributed by atoms with Crippen molar-refractivity contribution in [3.63, 3.8) is 0 Å². The number of rotatable bonds is 9. The Morgan fingerprint density at radius 1 is 1.30 bits per heavy atom. The number of ether oxygens (including phenoxy) is 1. The minimum Gasteiger partial charge on any atom is -0.394 e. The van der Waals surface area contributed by atoms with Gasteiger partial charge < -0.3 is 15.2 Å². The summed E-state index contributed by atoms with van der Waals surface area (Å²) in [6, 6.07) is 0. The van der Waals surface area contributed by atoms with E-state index >= 15 is 0 Å². The molecule has 1 aliphatic carbocycles. The SMILES string of the molecule is CCCNC(CO)(CN1CCCC(OCC)C1)C1CC1. The highest BCUT2D eigenvalue weighted by Gasteiger charge is 2.45. The molecule has 2 rings (SSSR count). The number of hydrogen-bond donors (Lipinski definition) is 2. The zero-order valence-corrected chi connectivity index (χ0v) is 13.2. The monoisotopic (exact) mass is 284 g/mol. The van der Waals surface area contributed by atoms with Crippen LogP contribution in [0.3, 0.4) is 0 Å². The predicted molar refractivity (Wildman–Crippen MR) is 81.9 cm³/mol. The van der Waals surface area contributed by atoms with Crippen LogP contribution in [0.25, 0.3) is 0 Å². The first-order valence-corrected chi connectivity index (χ1v) is 8.44. The molecule has 2 unspecified atom stereocenters. The van der Waals surface area contributed by atoms with Gasteiger partial charge in [0.05, 0.1) is 18.2 Å². The van der Waals surface area contributed by atoms with Gasteiger partial charge in [0, 0.05) is 19.7 Å². The number of aliphatic hydroxyl groups is 1. The number of nitrogens with one attached hydrogen (secondary N) is 1. The molecule has 0 amide bonds. The van der Waals surface area contributed by atoms with Gasteiger partial charge in [0.1, 0.15) is 0 Å². The molecular weight excluding hydrogens is 252 g/mol. The molecule has 0 bridgehead atoms. The quantitative estimate of drug-likeness (QED) is 0.675. The van der Waals surface area contributed by atoms with Crippen LogP contribution in [-0.2, 0) is 4.74 Å². The van der Waals surface area contributed by atoms with Crippen molar-refractivity contribution in [2.24, 2.45) is 5.92 Å². The van der Waals surface area contributed by atoms with E-state index in [1.165, 1.54) is 25.7 Å². The molecule has 2 aliphatic rings. The number of nitrogens with zero attached hydrogens (tertiary/aromatic N) is 1. The minimum absolute atomic E-state index is 0.0793. The van der Waals surface area contributed by atoms with Crippen molar-refractivity contribution >= 4 is 0 Å². The van der Waals surface area contributed by atoms with E-state index in [4.69, 9.17) is 4.74 Å². The number of likely N-dealkylation sites (tertiary alicyclic amines) is 1. The van der Waals surface area contributed by atoms with E-state index in [9.17, 15) is 5.11 Å². The molecule has 0 radical (unpaired) electrons. The van der Waals surface area contributed by atoms with E-state index in [2.05, 4.69) is 24.1 Å². The maximum atomic E-state index is 9.99. The summed E-state index contributed by atoms with van der Waals surface area (Å²) in [5, 5.41) is 13.6. The summed E-state index contributed by atoms with van der Waals surface area (Å²) >= 11 is 0. The lowest BCUT2D eigenvalue weighted by Crippen LogP contribution is -2.59. The number of aliphatic hydroxyl groups excluding tert-OH is 1. The first-order chi connectivity index (χ1) is 9.74. The van der Waals surface area contributed by atoms with Crippen molar-refractivity contribution in [2.45, 2.75) is 57.6 Å². The maximum absolute atomic E-state index is 9.99. The summed E-state index contributed by atoms with van der Waals surface area (Å²) in [5.41, 5.74) is -0.0793. The van der Waals surface area contributed by atoms with E-state index < -0.39 is 0 Å². The Bertz CT molecular complexity index is 282. The summed E-state index contributed by atoms with van der Waals surface area (Å²) < 4.78 is 5.79. The zero-order valence-electron chi connectivity index (χ0n) is 13.2. The molecule has 0 aromatic carbocycles. The van der Waals surface area contributed by atoms with E-state index in [-0.39, 0.29) is 12.1 Å². The lowest BCUT2D eigenvalue weighted by molar-refractivity contribution is -0.00983. The van der Waals surface area contributed by atoms with Gasteiger partial charge in [-0.3, -0.25) is 4.90 Å². The molecular formula is C16H32N2O2. The Labute approximate surface area is 123 Å². The first kappa shape index (κ1) is 16.2. The van der Waals surface area contributed by atoms with E-state index in [1.807, 2.05) is 0 Å². The molecule has 4 heteroatoms. The molecule has 0 spiro atoms. The van der Waals surface area contributed by atoms with Crippen LogP contribution in [0.15, 0.2) is 0 Å². The predicted octanol–water partition coefficient (Wildman–Crippen LogP) is 1.63. The molecule has 4 nitrogen and oxygen atoms in total. The minimum atomic E-state index is -0.0793. The third-order valence-electron chi connectivity index (χ3n) is 4.74. The molecule has 1 saturated carbocycles. The molecule has 1 saturated heterocycles. The summed E-state index contributed by atoms with van der Waals surface area (Å²) in [6.07, 6.45) is 6.43. The Kier molecular flexibility index (Phi) is 6.27. The smallest absolute Gasteiger partial charge is 0.0702 e. The van der Waals surface area contributed by atoms with Crippen molar-refractivity contribution in [1.82, 2.24) is 10.2 Å². The van der Waals surface area contributed by atoms with Crippen LogP contribution in [-0.4, -0.2) is 61.0 Å². The molecule has 20 heavy (non-hydrogen) atoms. The molecule has 1 heterocycles. The molecule has 2 fully saturated rings. The second-order valence-electron chi connectivity index (χ2n) is 6.47. The Balaban J connectivity index is 1.92. The Morgan fingerprint density at radius 2 is 2.10 bits per heavy atom. The second kappa shape index (κ2) is 7.74. The topological polar surface area (TPSA) is 44.7 Å². The van der Waals surface area contributed by atoms with E-state index in [0.29, 0.717) is 12.0 Å². The van der Waals surface area contributed by atoms with Crippen molar-refractivity contribution in [3.8, 4) is 0 Å². The summed E-state index contributed by atoms with van der Waals surface area (Å²) in [6.45, 7) is 9.46. The highest BCUT2D eigenvalue weighted by Crippen LogP contribution is 2.40. The Hall–Kier alpha value is -0.160. The van der Waals surface area contributed by atoms with Crippen molar-refractivity contribution in [2.75, 3.05) is 39.4 Å². The van der Waals surface area contributed by atoms with Crippen LogP contribution in [0, 0.1) is 5.92 Å². The van der Waals surface area contributed by atoms with Gasteiger partial charge in [0.25, 0.3) is 0 Å². The molecule has 2 N–H and O–H groups in total. The van der Waals surface area contributed by atoms with Crippen molar-refractivity contribution in [1.29, 1.82) is 0 Å². The molecule has 0 aromatic heterocycles. The van der Waals surface area contributed by atoms with E-state index in [1.54, 1.807) is 0 Å². The largest absolute Gasteiger partial charge is 0.394 e. The van der Waals surface area contributed by atoms with Gasteiger partial charge in [-0.2, -0.15) is 0 Å². The average Bonchev–Trinajstić information content (AvgIpc) is 3.29.